The second-order valence-corrected chi connectivity index (χ2v) is 4.64. The summed E-state index contributed by atoms with van der Waals surface area (Å²) in [5.41, 5.74) is 4.02. The molecule has 96 valence electrons. The third-order valence-corrected chi connectivity index (χ3v) is 3.32. The van der Waals surface area contributed by atoms with Gasteiger partial charge in [0.25, 0.3) is 0 Å². The summed E-state index contributed by atoms with van der Waals surface area (Å²) in [4.78, 5) is 25.2. The van der Waals surface area contributed by atoms with Gasteiger partial charge in [-0.1, -0.05) is 12.1 Å². The molecule has 0 spiro atoms. The molecule has 0 radical (unpaired) electrons. The predicted octanol–water partition coefficient (Wildman–Crippen LogP) is 2.63. The lowest BCUT2D eigenvalue weighted by Gasteiger charge is -1.99. The maximum Gasteiger partial charge on any atom is 0.199 e. The number of carbonyl (C=O) groups is 1. The van der Waals surface area contributed by atoms with E-state index in [1.165, 1.54) is 6.92 Å². The van der Waals surface area contributed by atoms with Crippen molar-refractivity contribution in [3.63, 3.8) is 0 Å². The number of Topliss-reactive ketones (excluding diaryl/α,β-unsaturated/α-hetero) is 1. The summed E-state index contributed by atoms with van der Waals surface area (Å²) in [6, 6.07) is 11.2. The Balaban J connectivity index is 2.21. The first-order valence-electron chi connectivity index (χ1n) is 6.28. The minimum absolute atomic E-state index is 0.0181. The van der Waals surface area contributed by atoms with E-state index in [-0.39, 0.29) is 5.78 Å². The van der Waals surface area contributed by atoms with Gasteiger partial charge < -0.3 is 0 Å². The molecule has 0 atom stereocenters. The van der Waals surface area contributed by atoms with Gasteiger partial charge in [-0.25, -0.2) is 15.0 Å². The van der Waals surface area contributed by atoms with Gasteiger partial charge in [0, 0.05) is 6.20 Å². The molecule has 3 heterocycles. The van der Waals surface area contributed by atoms with Crippen LogP contribution in [0.15, 0.2) is 42.6 Å². The molecule has 0 bridgehead atoms. The number of nitrogens with zero attached hydrogens (tertiary/aromatic N) is 4. The number of para-hydroxylation sites is 2. The van der Waals surface area contributed by atoms with Gasteiger partial charge in [-0.2, -0.15) is 0 Å². The zero-order valence-corrected chi connectivity index (χ0v) is 10.7. The van der Waals surface area contributed by atoms with Crippen molar-refractivity contribution in [3.8, 4) is 0 Å². The number of carbonyl (C=O) groups excluding carboxylic acids is 1. The topological polar surface area (TPSA) is 60.2 Å². The zero-order valence-electron chi connectivity index (χ0n) is 10.7. The summed E-state index contributed by atoms with van der Waals surface area (Å²) in [7, 11) is 0. The van der Waals surface area contributed by atoms with Gasteiger partial charge in [0.15, 0.2) is 22.7 Å². The number of hydrogen-bond acceptors (Lipinski definition) is 4. The van der Waals surface area contributed by atoms with Gasteiger partial charge >= 0.3 is 0 Å². The zero-order chi connectivity index (χ0) is 13.7. The van der Waals surface area contributed by atoms with Crippen molar-refractivity contribution < 1.29 is 4.79 Å². The molecule has 0 aliphatic carbocycles. The van der Waals surface area contributed by atoms with Gasteiger partial charge in [-0.05, 0) is 31.2 Å². The highest BCUT2D eigenvalue weighted by atomic mass is 16.1. The Morgan fingerprint density at radius 1 is 0.950 bits per heavy atom. The van der Waals surface area contributed by atoms with E-state index in [9.17, 15) is 4.79 Å². The van der Waals surface area contributed by atoms with Crippen molar-refractivity contribution in [3.05, 3.63) is 48.2 Å². The van der Waals surface area contributed by atoms with Crippen molar-refractivity contribution in [2.75, 3.05) is 0 Å². The van der Waals surface area contributed by atoms with Gasteiger partial charge in [0.1, 0.15) is 0 Å². The van der Waals surface area contributed by atoms with Crippen LogP contribution in [0.5, 0.6) is 0 Å². The number of hydrogen-bond donors (Lipinski definition) is 0. The largest absolute Gasteiger partial charge is 0.294 e. The van der Waals surface area contributed by atoms with E-state index >= 15 is 0 Å². The molecule has 0 fully saturated rings. The van der Waals surface area contributed by atoms with E-state index in [1.807, 2.05) is 40.9 Å². The molecule has 0 saturated carbocycles. The van der Waals surface area contributed by atoms with Crippen molar-refractivity contribution >= 4 is 33.8 Å². The van der Waals surface area contributed by atoms with Crippen LogP contribution in [0.3, 0.4) is 0 Å². The van der Waals surface area contributed by atoms with Crippen molar-refractivity contribution in [1.29, 1.82) is 0 Å². The minimum atomic E-state index is -0.0181. The predicted molar refractivity (Wildman–Crippen MR) is 75.8 cm³/mol. The molecule has 0 amide bonds. The second-order valence-electron chi connectivity index (χ2n) is 4.64. The number of ketones is 1. The van der Waals surface area contributed by atoms with Gasteiger partial charge in [0.2, 0.25) is 0 Å². The highest BCUT2D eigenvalue weighted by Crippen LogP contribution is 2.19. The van der Waals surface area contributed by atoms with E-state index in [2.05, 4.69) is 15.0 Å². The normalized spacial score (nSPS) is 11.4. The van der Waals surface area contributed by atoms with Crippen LogP contribution in [0.2, 0.25) is 0 Å². The fourth-order valence-corrected chi connectivity index (χ4v) is 2.38. The van der Waals surface area contributed by atoms with Crippen LogP contribution in [0.25, 0.3) is 28.0 Å². The quantitative estimate of drug-likeness (QED) is 0.495. The molecule has 0 aliphatic heterocycles. The molecule has 3 aromatic heterocycles. The van der Waals surface area contributed by atoms with E-state index in [0.717, 1.165) is 11.0 Å². The Morgan fingerprint density at radius 2 is 1.70 bits per heavy atom. The lowest BCUT2D eigenvalue weighted by Crippen LogP contribution is -1.97. The molecule has 1 aromatic carbocycles. The van der Waals surface area contributed by atoms with Crippen LogP contribution in [0, 0.1) is 0 Å². The van der Waals surface area contributed by atoms with Gasteiger partial charge in [0.05, 0.1) is 16.6 Å². The summed E-state index contributed by atoms with van der Waals surface area (Å²) < 4.78 is 1.81. The Kier molecular flexibility index (Phi) is 2.12. The monoisotopic (exact) mass is 262 g/mol. The Labute approximate surface area is 113 Å². The Hall–Kier alpha value is -2.82. The van der Waals surface area contributed by atoms with Crippen LogP contribution in [-0.2, 0) is 0 Å². The molecule has 4 rings (SSSR count). The molecule has 0 N–H and O–H groups in total. The Bertz CT molecular complexity index is 987. The first-order chi connectivity index (χ1) is 9.74. The summed E-state index contributed by atoms with van der Waals surface area (Å²) >= 11 is 0. The van der Waals surface area contributed by atoms with Crippen molar-refractivity contribution in [1.82, 2.24) is 19.4 Å². The standard InChI is InChI=1S/C15H10N4O/c1-9(20)10-5-4-8-19-14(10)18-13-15(19)17-12-7-3-2-6-11(12)16-13/h2-8H,1H3. The highest BCUT2D eigenvalue weighted by Gasteiger charge is 2.13. The van der Waals surface area contributed by atoms with Crippen molar-refractivity contribution in [2.45, 2.75) is 6.92 Å². The average molecular weight is 262 g/mol. The first kappa shape index (κ1) is 11.0. The lowest BCUT2D eigenvalue weighted by atomic mass is 10.2. The van der Waals surface area contributed by atoms with E-state index in [1.54, 1.807) is 6.07 Å². The number of pyridine rings is 1. The summed E-state index contributed by atoms with van der Waals surface area (Å²) in [5, 5.41) is 0. The fourth-order valence-electron chi connectivity index (χ4n) is 2.38. The summed E-state index contributed by atoms with van der Waals surface area (Å²) in [6.45, 7) is 1.53. The lowest BCUT2D eigenvalue weighted by molar-refractivity contribution is 0.101. The molecule has 0 unspecified atom stereocenters. The smallest absolute Gasteiger partial charge is 0.199 e. The number of fused-ring (bicyclic) bond motifs is 4. The summed E-state index contributed by atoms with van der Waals surface area (Å²) in [5.74, 6) is -0.0181. The molecule has 0 aliphatic rings. The highest BCUT2D eigenvalue weighted by molar-refractivity contribution is 6.01. The van der Waals surface area contributed by atoms with E-state index in [0.29, 0.717) is 22.5 Å². The molecule has 5 nitrogen and oxygen atoms in total. The molecular formula is C15H10N4O. The first-order valence-corrected chi connectivity index (χ1v) is 6.28. The Morgan fingerprint density at radius 3 is 2.45 bits per heavy atom. The SMILES string of the molecule is CC(=O)c1cccn2c1nc1nc3ccccc3nc12. The van der Waals surface area contributed by atoms with Crippen LogP contribution in [0.1, 0.15) is 17.3 Å². The second kappa shape index (κ2) is 3.84. The molecule has 0 saturated heterocycles. The number of rotatable bonds is 1. The number of benzene rings is 1. The number of aromatic nitrogens is 4. The molecule has 5 heteroatoms. The molecular weight excluding hydrogens is 252 g/mol. The third-order valence-electron chi connectivity index (χ3n) is 3.32. The molecule has 20 heavy (non-hydrogen) atoms. The van der Waals surface area contributed by atoms with Gasteiger partial charge in [-0.3, -0.25) is 9.20 Å². The van der Waals surface area contributed by atoms with E-state index in [4.69, 9.17) is 0 Å². The maximum absolute atomic E-state index is 11.7. The maximum atomic E-state index is 11.7. The van der Waals surface area contributed by atoms with Crippen LogP contribution in [0.4, 0.5) is 0 Å². The van der Waals surface area contributed by atoms with Gasteiger partial charge in [-0.15, -0.1) is 0 Å². The van der Waals surface area contributed by atoms with Crippen LogP contribution >= 0.6 is 0 Å². The fraction of sp³-hybridized carbons (Fsp3) is 0.0667. The summed E-state index contributed by atoms with van der Waals surface area (Å²) in [6.07, 6.45) is 1.85. The third kappa shape index (κ3) is 1.43. The average Bonchev–Trinajstić information content (AvgIpc) is 2.82. The number of imidazole rings is 1. The van der Waals surface area contributed by atoms with Crippen LogP contribution < -0.4 is 0 Å². The van der Waals surface area contributed by atoms with Crippen LogP contribution in [-0.4, -0.2) is 25.1 Å². The molecule has 4 aromatic rings. The van der Waals surface area contributed by atoms with Crippen molar-refractivity contribution in [2.24, 2.45) is 0 Å². The van der Waals surface area contributed by atoms with E-state index < -0.39 is 0 Å². The minimum Gasteiger partial charge on any atom is -0.294 e.